The molecular weight excluding hydrogens is 168 g/mol. The number of aliphatic hydroxyl groups is 1. The summed E-state index contributed by atoms with van der Waals surface area (Å²) in [6.07, 6.45) is 0. The molecule has 0 aromatic rings. The molecule has 0 bridgehead atoms. The lowest BCUT2D eigenvalue weighted by molar-refractivity contribution is -0.113. The summed E-state index contributed by atoms with van der Waals surface area (Å²) in [5, 5.41) is 9.31. The molecule has 13 heavy (non-hydrogen) atoms. The van der Waals surface area contributed by atoms with Crippen LogP contribution in [-0.4, -0.2) is 41.8 Å². The van der Waals surface area contributed by atoms with Crippen LogP contribution < -0.4 is 0 Å². The van der Waals surface area contributed by atoms with E-state index in [0.29, 0.717) is 18.0 Å². The molecule has 0 saturated carbocycles. The fourth-order valence-electron chi connectivity index (χ4n) is 1.38. The fraction of sp³-hybridized carbons (Fsp3) is 0.556. The van der Waals surface area contributed by atoms with Crippen molar-refractivity contribution in [1.29, 1.82) is 0 Å². The van der Waals surface area contributed by atoms with Gasteiger partial charge in [0.25, 0.3) is 0 Å². The number of hydrogen-bond donors (Lipinski definition) is 1. The van der Waals surface area contributed by atoms with Crippen molar-refractivity contribution in [2.75, 3.05) is 20.1 Å². The van der Waals surface area contributed by atoms with Gasteiger partial charge in [0.2, 0.25) is 0 Å². The monoisotopic (exact) mass is 182 g/mol. The standard InChI is InChI=1S/C9H14N2O2/c1-6(12)8(7(2)13)9-10-4-5-11(9)3/h12H,4-5H2,1-3H3/b8-6-. The van der Waals surface area contributed by atoms with E-state index in [4.69, 9.17) is 0 Å². The van der Waals surface area contributed by atoms with Crippen LogP contribution in [0.4, 0.5) is 0 Å². The highest BCUT2D eigenvalue weighted by atomic mass is 16.3. The minimum atomic E-state index is -0.146. The summed E-state index contributed by atoms with van der Waals surface area (Å²) < 4.78 is 0. The number of allylic oxidation sites excluding steroid dienone is 1. The maximum Gasteiger partial charge on any atom is 0.166 e. The van der Waals surface area contributed by atoms with Gasteiger partial charge in [0.15, 0.2) is 5.78 Å². The van der Waals surface area contributed by atoms with Crippen LogP contribution in [0.3, 0.4) is 0 Å². The molecule has 0 atom stereocenters. The second-order valence-corrected chi connectivity index (χ2v) is 3.14. The molecule has 0 amide bonds. The molecular formula is C9H14N2O2. The summed E-state index contributed by atoms with van der Waals surface area (Å²) in [5.74, 6) is 0.500. The number of aliphatic imine (C=N–C) groups is 1. The van der Waals surface area contributed by atoms with E-state index in [0.717, 1.165) is 6.54 Å². The summed E-state index contributed by atoms with van der Waals surface area (Å²) in [6.45, 7) is 4.43. The first-order valence-corrected chi connectivity index (χ1v) is 4.20. The lowest BCUT2D eigenvalue weighted by Gasteiger charge is -2.15. The predicted molar refractivity (Wildman–Crippen MR) is 50.9 cm³/mol. The Morgan fingerprint density at radius 1 is 1.54 bits per heavy atom. The summed E-state index contributed by atoms with van der Waals surface area (Å²) in [4.78, 5) is 17.2. The minimum Gasteiger partial charge on any atom is -0.512 e. The van der Waals surface area contributed by atoms with E-state index >= 15 is 0 Å². The van der Waals surface area contributed by atoms with Crippen LogP contribution >= 0.6 is 0 Å². The number of carbonyl (C=O) groups excluding carboxylic acids is 1. The van der Waals surface area contributed by atoms with E-state index in [-0.39, 0.29) is 11.5 Å². The van der Waals surface area contributed by atoms with Gasteiger partial charge in [0.1, 0.15) is 11.6 Å². The maximum atomic E-state index is 11.2. The SMILES string of the molecule is CC(=O)/C(C1=NCCN1C)=C(\C)O. The van der Waals surface area contributed by atoms with Crippen molar-refractivity contribution in [2.24, 2.45) is 4.99 Å². The van der Waals surface area contributed by atoms with Crippen LogP contribution in [0, 0.1) is 0 Å². The molecule has 0 aromatic carbocycles. The third kappa shape index (κ3) is 1.88. The van der Waals surface area contributed by atoms with Gasteiger partial charge in [-0.2, -0.15) is 0 Å². The van der Waals surface area contributed by atoms with Crippen molar-refractivity contribution in [1.82, 2.24) is 4.90 Å². The number of carbonyl (C=O) groups is 1. The molecule has 4 heteroatoms. The number of rotatable bonds is 2. The van der Waals surface area contributed by atoms with Crippen LogP contribution in [0.5, 0.6) is 0 Å². The molecule has 0 spiro atoms. The van der Waals surface area contributed by atoms with Crippen LogP contribution in [-0.2, 0) is 4.79 Å². The zero-order chi connectivity index (χ0) is 10.0. The average molecular weight is 182 g/mol. The Bertz CT molecular complexity index is 288. The van der Waals surface area contributed by atoms with Gasteiger partial charge in [0.05, 0.1) is 12.1 Å². The van der Waals surface area contributed by atoms with Crippen LogP contribution in [0.1, 0.15) is 13.8 Å². The summed E-state index contributed by atoms with van der Waals surface area (Å²) in [5.41, 5.74) is 0.333. The Labute approximate surface area is 77.6 Å². The molecule has 72 valence electrons. The maximum absolute atomic E-state index is 11.2. The van der Waals surface area contributed by atoms with Gasteiger partial charge >= 0.3 is 0 Å². The van der Waals surface area contributed by atoms with Gasteiger partial charge in [-0.25, -0.2) is 0 Å². The predicted octanol–water partition coefficient (Wildman–Crippen LogP) is 0.751. The van der Waals surface area contributed by atoms with Crippen LogP contribution in [0.15, 0.2) is 16.3 Å². The van der Waals surface area contributed by atoms with Crippen molar-refractivity contribution >= 4 is 11.6 Å². The van der Waals surface area contributed by atoms with Gasteiger partial charge in [-0.3, -0.25) is 9.79 Å². The topological polar surface area (TPSA) is 52.9 Å². The molecule has 1 rings (SSSR count). The number of nitrogens with zero attached hydrogens (tertiary/aromatic N) is 2. The molecule has 0 aliphatic carbocycles. The first-order chi connectivity index (χ1) is 6.04. The van der Waals surface area contributed by atoms with E-state index in [9.17, 15) is 9.90 Å². The van der Waals surface area contributed by atoms with Crippen LogP contribution in [0.2, 0.25) is 0 Å². The van der Waals surface area contributed by atoms with Gasteiger partial charge in [-0.15, -0.1) is 0 Å². The zero-order valence-electron chi connectivity index (χ0n) is 8.16. The summed E-state index contributed by atoms with van der Waals surface area (Å²) in [7, 11) is 1.86. The molecule has 1 N–H and O–H groups in total. The fourth-order valence-corrected chi connectivity index (χ4v) is 1.38. The molecule has 1 heterocycles. The Kier molecular flexibility index (Phi) is 2.70. The number of hydrogen-bond acceptors (Lipinski definition) is 4. The van der Waals surface area contributed by atoms with Gasteiger partial charge in [0, 0.05) is 13.6 Å². The molecule has 1 aliphatic rings. The van der Waals surface area contributed by atoms with Crippen molar-refractivity contribution in [3.63, 3.8) is 0 Å². The average Bonchev–Trinajstić information content (AvgIpc) is 2.35. The quantitative estimate of drug-likeness (QED) is 0.506. The van der Waals surface area contributed by atoms with E-state index in [2.05, 4.69) is 4.99 Å². The lowest BCUT2D eigenvalue weighted by atomic mass is 10.1. The van der Waals surface area contributed by atoms with Crippen LogP contribution in [0.25, 0.3) is 0 Å². The highest BCUT2D eigenvalue weighted by molar-refractivity contribution is 6.21. The number of amidine groups is 1. The molecule has 0 unspecified atom stereocenters. The zero-order valence-corrected chi connectivity index (χ0v) is 8.16. The van der Waals surface area contributed by atoms with E-state index in [1.807, 2.05) is 11.9 Å². The Morgan fingerprint density at radius 3 is 2.46 bits per heavy atom. The molecule has 1 aliphatic heterocycles. The van der Waals surface area contributed by atoms with E-state index in [1.165, 1.54) is 13.8 Å². The number of ketones is 1. The second-order valence-electron chi connectivity index (χ2n) is 3.14. The largest absolute Gasteiger partial charge is 0.512 e. The van der Waals surface area contributed by atoms with Gasteiger partial charge in [-0.05, 0) is 13.8 Å². The third-order valence-electron chi connectivity index (χ3n) is 2.00. The van der Waals surface area contributed by atoms with Gasteiger partial charge in [-0.1, -0.05) is 0 Å². The van der Waals surface area contributed by atoms with Crippen molar-refractivity contribution in [3.8, 4) is 0 Å². The molecule has 4 nitrogen and oxygen atoms in total. The Hall–Kier alpha value is -1.32. The van der Waals surface area contributed by atoms with Crippen molar-refractivity contribution < 1.29 is 9.90 Å². The molecule has 0 fully saturated rings. The summed E-state index contributed by atoms with van der Waals surface area (Å²) >= 11 is 0. The van der Waals surface area contributed by atoms with E-state index in [1.54, 1.807) is 0 Å². The van der Waals surface area contributed by atoms with Crippen molar-refractivity contribution in [2.45, 2.75) is 13.8 Å². The lowest BCUT2D eigenvalue weighted by Crippen LogP contribution is -2.27. The van der Waals surface area contributed by atoms with Gasteiger partial charge < -0.3 is 10.0 Å². The molecule has 0 radical (unpaired) electrons. The number of likely N-dealkylation sites (N-methyl/N-ethyl adjacent to an activating group) is 1. The molecule has 0 aromatic heterocycles. The highest BCUT2D eigenvalue weighted by Crippen LogP contribution is 2.12. The first kappa shape index (κ1) is 9.77. The number of Topliss-reactive ketones (excluding diaryl/α,β-unsaturated/α-hetero) is 1. The third-order valence-corrected chi connectivity index (χ3v) is 2.00. The normalized spacial score (nSPS) is 18.4. The molecule has 0 saturated heterocycles. The first-order valence-electron chi connectivity index (χ1n) is 4.20. The second kappa shape index (κ2) is 3.60. The minimum absolute atomic E-state index is 0.0417. The Morgan fingerprint density at radius 2 is 2.15 bits per heavy atom. The number of aliphatic hydroxyl groups excluding tert-OH is 1. The Balaban J connectivity index is 3.03. The van der Waals surface area contributed by atoms with E-state index < -0.39 is 0 Å². The highest BCUT2D eigenvalue weighted by Gasteiger charge is 2.22. The smallest absolute Gasteiger partial charge is 0.166 e. The summed E-state index contributed by atoms with van der Waals surface area (Å²) in [6, 6.07) is 0. The van der Waals surface area contributed by atoms with Crippen molar-refractivity contribution in [3.05, 3.63) is 11.3 Å².